The number of anilines is 1. The van der Waals surface area contributed by atoms with Gasteiger partial charge in [0.1, 0.15) is 17.7 Å². The van der Waals surface area contributed by atoms with E-state index >= 15 is 0 Å². The average Bonchev–Trinajstić information content (AvgIpc) is 3.05. The Kier molecular flexibility index (Phi) is 6.10. The van der Waals surface area contributed by atoms with Gasteiger partial charge in [0.2, 0.25) is 0 Å². The molecule has 1 N–H and O–H groups in total. The predicted octanol–water partition coefficient (Wildman–Crippen LogP) is 3.37. The van der Waals surface area contributed by atoms with Crippen molar-refractivity contribution in [3.8, 4) is 6.07 Å². The van der Waals surface area contributed by atoms with Crippen molar-refractivity contribution in [3.63, 3.8) is 0 Å². The van der Waals surface area contributed by atoms with E-state index in [-0.39, 0.29) is 12.7 Å². The van der Waals surface area contributed by atoms with E-state index in [0.717, 1.165) is 21.0 Å². The predicted molar refractivity (Wildman–Crippen MR) is 100 cm³/mol. The Balaban J connectivity index is 1.45. The number of benzene rings is 1. The first-order valence-electron chi connectivity index (χ1n) is 8.48. The number of ether oxygens (including phenoxy) is 2. The Labute approximate surface area is 156 Å². The summed E-state index contributed by atoms with van der Waals surface area (Å²) in [5.74, 6) is 0. The molecule has 1 amide bonds. The molecule has 0 saturated heterocycles. The zero-order valence-corrected chi connectivity index (χ0v) is 15.5. The van der Waals surface area contributed by atoms with Crippen LogP contribution in [-0.4, -0.2) is 37.8 Å². The Hall–Kier alpha value is -2.56. The lowest BCUT2D eigenvalue weighted by Crippen LogP contribution is -2.36. The number of nitrogens with one attached hydrogen (secondary N) is 1. The largest absolute Gasteiger partial charge is 0.447 e. The average molecular weight is 371 g/mol. The molecule has 6 nitrogen and oxygen atoms in total. The molecule has 2 aromatic rings. The van der Waals surface area contributed by atoms with Crippen molar-refractivity contribution in [1.82, 2.24) is 4.90 Å². The van der Waals surface area contributed by atoms with Gasteiger partial charge in [0.25, 0.3) is 0 Å². The van der Waals surface area contributed by atoms with Crippen molar-refractivity contribution in [2.24, 2.45) is 0 Å². The van der Waals surface area contributed by atoms with Gasteiger partial charge >= 0.3 is 6.09 Å². The summed E-state index contributed by atoms with van der Waals surface area (Å²) in [4.78, 5) is 15.0. The molecule has 0 spiro atoms. The summed E-state index contributed by atoms with van der Waals surface area (Å²) in [7, 11) is 1.81. The number of carbonyl (C=O) groups is 1. The van der Waals surface area contributed by atoms with Crippen molar-refractivity contribution >= 4 is 22.4 Å². The summed E-state index contributed by atoms with van der Waals surface area (Å²) in [6.45, 7) is 2.14. The van der Waals surface area contributed by atoms with Crippen molar-refractivity contribution < 1.29 is 14.3 Å². The first-order valence-corrected chi connectivity index (χ1v) is 9.30. The number of hydrogen-bond donors (Lipinski definition) is 1. The van der Waals surface area contributed by atoms with E-state index in [9.17, 15) is 10.1 Å². The second-order valence-electron chi connectivity index (χ2n) is 5.89. The van der Waals surface area contributed by atoms with Gasteiger partial charge < -0.3 is 19.7 Å². The van der Waals surface area contributed by atoms with Crippen LogP contribution in [0.15, 0.2) is 30.3 Å². The summed E-state index contributed by atoms with van der Waals surface area (Å²) < 4.78 is 10.8. The van der Waals surface area contributed by atoms with E-state index < -0.39 is 0 Å². The zero-order valence-electron chi connectivity index (χ0n) is 14.7. The Morgan fingerprint density at radius 3 is 2.88 bits per heavy atom. The number of thiophene rings is 1. The maximum atomic E-state index is 12.2. The molecule has 0 unspecified atom stereocenters. The molecular formula is C19H21N3O3S. The molecule has 1 aliphatic heterocycles. The third kappa shape index (κ3) is 4.15. The van der Waals surface area contributed by atoms with Crippen LogP contribution in [0.1, 0.15) is 21.6 Å². The summed E-state index contributed by atoms with van der Waals surface area (Å²) in [5.41, 5.74) is 2.85. The standard InChI is InChI=1S/C19H21N3O3S/c1-21-18-16(11-20)15-7-8-22(12-17(15)26-18)19(23)25-10-9-24-13-14-5-3-2-4-6-14/h2-6,21H,7-10,12-13H2,1H3. The van der Waals surface area contributed by atoms with Gasteiger partial charge in [-0.2, -0.15) is 5.26 Å². The molecule has 0 aliphatic carbocycles. The van der Waals surface area contributed by atoms with Crippen LogP contribution in [0.4, 0.5) is 9.80 Å². The normalized spacial score (nSPS) is 13.0. The fourth-order valence-electron chi connectivity index (χ4n) is 2.90. The van der Waals surface area contributed by atoms with Crippen molar-refractivity contribution in [1.29, 1.82) is 5.26 Å². The molecule has 2 heterocycles. The molecule has 0 radical (unpaired) electrons. The highest BCUT2D eigenvalue weighted by atomic mass is 32.1. The highest BCUT2D eigenvalue weighted by molar-refractivity contribution is 7.16. The molecule has 26 heavy (non-hydrogen) atoms. The lowest BCUT2D eigenvalue weighted by atomic mass is 10.0. The molecule has 136 valence electrons. The number of carbonyl (C=O) groups excluding carboxylic acids is 1. The zero-order chi connectivity index (χ0) is 18.4. The van der Waals surface area contributed by atoms with E-state index in [1.54, 1.807) is 11.9 Å². The molecular weight excluding hydrogens is 350 g/mol. The van der Waals surface area contributed by atoms with Crippen molar-refractivity contribution in [2.45, 2.75) is 19.6 Å². The number of hydrogen-bond acceptors (Lipinski definition) is 6. The topological polar surface area (TPSA) is 74.6 Å². The summed E-state index contributed by atoms with van der Waals surface area (Å²) in [6.07, 6.45) is 0.340. The second-order valence-corrected chi connectivity index (χ2v) is 7.00. The van der Waals surface area contributed by atoms with Gasteiger partial charge in [-0.1, -0.05) is 30.3 Å². The number of rotatable bonds is 6. The molecule has 1 aromatic heterocycles. The first-order chi connectivity index (χ1) is 12.7. The summed E-state index contributed by atoms with van der Waals surface area (Å²) in [6, 6.07) is 12.1. The Morgan fingerprint density at radius 1 is 1.35 bits per heavy atom. The van der Waals surface area contributed by atoms with Crippen molar-refractivity contribution in [3.05, 3.63) is 51.9 Å². The van der Waals surface area contributed by atoms with E-state index in [4.69, 9.17) is 9.47 Å². The van der Waals surface area contributed by atoms with Crippen LogP contribution in [0.3, 0.4) is 0 Å². The molecule has 7 heteroatoms. The van der Waals surface area contributed by atoms with Gasteiger partial charge in [0.05, 0.1) is 25.3 Å². The fraction of sp³-hybridized carbons (Fsp3) is 0.368. The minimum atomic E-state index is -0.336. The first kappa shape index (κ1) is 18.2. The third-order valence-corrected chi connectivity index (χ3v) is 5.45. The lowest BCUT2D eigenvalue weighted by Gasteiger charge is -2.26. The minimum absolute atomic E-state index is 0.227. The third-order valence-electron chi connectivity index (χ3n) is 4.22. The highest BCUT2D eigenvalue weighted by Gasteiger charge is 2.27. The smallest absolute Gasteiger partial charge is 0.410 e. The quantitative estimate of drug-likeness (QED) is 0.788. The van der Waals surface area contributed by atoms with Gasteiger partial charge in [0.15, 0.2) is 0 Å². The van der Waals surface area contributed by atoms with Crippen LogP contribution >= 0.6 is 11.3 Å². The Bertz CT molecular complexity index is 798. The van der Waals surface area contributed by atoms with E-state index in [1.165, 1.54) is 11.3 Å². The van der Waals surface area contributed by atoms with Crippen molar-refractivity contribution in [2.75, 3.05) is 32.1 Å². The SMILES string of the molecule is CNc1sc2c(c1C#N)CCN(C(=O)OCCOCc1ccccc1)C2. The minimum Gasteiger partial charge on any atom is -0.447 e. The van der Waals surface area contributed by atoms with Crippen LogP contribution < -0.4 is 5.32 Å². The number of nitrogens with zero attached hydrogens (tertiary/aromatic N) is 2. The molecule has 0 fully saturated rings. The molecule has 1 aromatic carbocycles. The molecule has 0 bridgehead atoms. The molecule has 0 atom stereocenters. The number of amides is 1. The second kappa shape index (κ2) is 8.70. The Morgan fingerprint density at radius 2 is 2.15 bits per heavy atom. The highest BCUT2D eigenvalue weighted by Crippen LogP contribution is 2.36. The van der Waals surface area contributed by atoms with E-state index in [0.29, 0.717) is 38.3 Å². The van der Waals surface area contributed by atoms with E-state index in [2.05, 4.69) is 11.4 Å². The van der Waals surface area contributed by atoms with Crippen LogP contribution in [0, 0.1) is 11.3 Å². The van der Waals surface area contributed by atoms with Gasteiger partial charge in [-0.3, -0.25) is 0 Å². The monoisotopic (exact) mass is 371 g/mol. The number of fused-ring (bicyclic) bond motifs is 1. The lowest BCUT2D eigenvalue weighted by molar-refractivity contribution is 0.0472. The molecule has 3 rings (SSSR count). The van der Waals surface area contributed by atoms with Crippen LogP contribution in [0.25, 0.3) is 0 Å². The summed E-state index contributed by atoms with van der Waals surface area (Å²) in [5, 5.41) is 13.2. The van der Waals surface area contributed by atoms with Gasteiger partial charge in [-0.25, -0.2) is 4.79 Å². The van der Waals surface area contributed by atoms with Crippen LogP contribution in [-0.2, 0) is 29.0 Å². The molecule has 1 aliphatic rings. The summed E-state index contributed by atoms with van der Waals surface area (Å²) >= 11 is 1.53. The van der Waals surface area contributed by atoms with Crippen LogP contribution in [0.2, 0.25) is 0 Å². The van der Waals surface area contributed by atoms with Crippen LogP contribution in [0.5, 0.6) is 0 Å². The van der Waals surface area contributed by atoms with Gasteiger partial charge in [-0.05, 0) is 17.5 Å². The number of nitriles is 1. The van der Waals surface area contributed by atoms with E-state index in [1.807, 2.05) is 30.3 Å². The maximum Gasteiger partial charge on any atom is 0.410 e. The van der Waals surface area contributed by atoms with Gasteiger partial charge in [0, 0.05) is 18.5 Å². The van der Waals surface area contributed by atoms with Gasteiger partial charge in [-0.15, -0.1) is 11.3 Å². The molecule has 0 saturated carbocycles. The maximum absolute atomic E-state index is 12.2. The fourth-order valence-corrected chi connectivity index (χ4v) is 4.06.